The monoisotopic (exact) mass is 383 g/mol. The fraction of sp³-hybridized carbons (Fsp3) is 0.158. The van der Waals surface area contributed by atoms with E-state index in [9.17, 15) is 9.59 Å². The number of carbonyl (C=O) groups is 2. The number of nitrogens with one attached hydrogen (secondary N) is 3. The maximum absolute atomic E-state index is 11.9. The molecule has 8 heteroatoms. The van der Waals surface area contributed by atoms with Crippen LogP contribution >= 0.6 is 12.2 Å². The van der Waals surface area contributed by atoms with Crippen molar-refractivity contribution in [1.82, 2.24) is 0 Å². The van der Waals surface area contributed by atoms with E-state index in [0.717, 1.165) is 0 Å². The zero-order valence-corrected chi connectivity index (χ0v) is 15.6. The van der Waals surface area contributed by atoms with E-state index in [1.807, 2.05) is 18.2 Å². The predicted octanol–water partition coefficient (Wildman–Crippen LogP) is 2.59. The van der Waals surface area contributed by atoms with Crippen LogP contribution in [0.3, 0.4) is 0 Å². The number of anilines is 2. The normalized spacial score (nSPS) is 11.3. The van der Waals surface area contributed by atoms with Gasteiger partial charge in [0.05, 0.1) is 16.2 Å². The summed E-state index contributed by atoms with van der Waals surface area (Å²) in [5, 5.41) is 13.5. The summed E-state index contributed by atoms with van der Waals surface area (Å²) in [5.41, 5.74) is 13.3. The lowest BCUT2D eigenvalue weighted by molar-refractivity contribution is -0.118. The predicted molar refractivity (Wildman–Crippen MR) is 111 cm³/mol. The van der Waals surface area contributed by atoms with Crippen molar-refractivity contribution in [2.45, 2.75) is 19.4 Å². The second-order valence-electron chi connectivity index (χ2n) is 6.02. The summed E-state index contributed by atoms with van der Waals surface area (Å²) >= 11 is 5.21. The van der Waals surface area contributed by atoms with Gasteiger partial charge in [0.1, 0.15) is 6.04 Å². The second kappa shape index (κ2) is 8.91. The van der Waals surface area contributed by atoms with Crippen LogP contribution in [-0.4, -0.2) is 22.5 Å². The minimum Gasteiger partial charge on any atom is -0.370 e. The van der Waals surface area contributed by atoms with E-state index >= 15 is 0 Å². The number of rotatable bonds is 8. The van der Waals surface area contributed by atoms with Crippen LogP contribution in [0.4, 0.5) is 11.4 Å². The molecule has 0 aromatic heterocycles. The molecule has 0 fully saturated rings. The lowest BCUT2D eigenvalue weighted by Gasteiger charge is -2.19. The molecule has 0 radical (unpaired) electrons. The third kappa shape index (κ3) is 5.61. The number of hydrogen-bond acceptors (Lipinski definition) is 5. The van der Waals surface area contributed by atoms with Gasteiger partial charge in [0.15, 0.2) is 0 Å². The van der Waals surface area contributed by atoms with E-state index in [4.69, 9.17) is 29.1 Å². The molecule has 0 aliphatic heterocycles. The SMILES string of the molecule is CC(=N)CC(=S)Nc1cc(NC(C(N)=O)c2ccccc2)ccc1C(N)=O. The van der Waals surface area contributed by atoms with Gasteiger partial charge in [-0.25, -0.2) is 0 Å². The number of nitrogens with two attached hydrogens (primary N) is 2. The smallest absolute Gasteiger partial charge is 0.250 e. The molecule has 0 heterocycles. The van der Waals surface area contributed by atoms with Crippen molar-refractivity contribution in [2.24, 2.45) is 11.5 Å². The Bertz CT molecular complexity index is 883. The first kappa shape index (κ1) is 20.1. The van der Waals surface area contributed by atoms with Crippen molar-refractivity contribution in [3.8, 4) is 0 Å². The van der Waals surface area contributed by atoms with Gasteiger partial charge in [-0.2, -0.15) is 0 Å². The summed E-state index contributed by atoms with van der Waals surface area (Å²) in [6, 6.07) is 13.1. The van der Waals surface area contributed by atoms with Gasteiger partial charge in [-0.1, -0.05) is 42.5 Å². The van der Waals surface area contributed by atoms with Gasteiger partial charge in [-0.05, 0) is 30.7 Å². The Hall–Kier alpha value is -3.26. The number of benzene rings is 2. The van der Waals surface area contributed by atoms with Crippen LogP contribution in [0.5, 0.6) is 0 Å². The molecule has 2 aromatic carbocycles. The Morgan fingerprint density at radius 1 is 1.15 bits per heavy atom. The standard InChI is InChI=1S/C19H21N5O2S/c1-11(20)9-16(27)24-15-10-13(7-8-14(15)18(21)25)23-17(19(22)26)12-5-3-2-4-6-12/h2-8,10,17,20,23H,9H2,1H3,(H2,21,25)(H2,22,26)(H,24,27). The lowest BCUT2D eigenvalue weighted by atomic mass is 10.1. The van der Waals surface area contributed by atoms with E-state index < -0.39 is 17.9 Å². The van der Waals surface area contributed by atoms with Crippen LogP contribution in [0.1, 0.15) is 35.3 Å². The molecule has 0 spiro atoms. The van der Waals surface area contributed by atoms with E-state index in [1.165, 1.54) is 6.07 Å². The van der Waals surface area contributed by atoms with Crippen LogP contribution in [0.2, 0.25) is 0 Å². The summed E-state index contributed by atoms with van der Waals surface area (Å²) < 4.78 is 0. The Labute approximate surface area is 162 Å². The molecule has 140 valence electrons. The summed E-state index contributed by atoms with van der Waals surface area (Å²) in [6.45, 7) is 1.64. The summed E-state index contributed by atoms with van der Waals surface area (Å²) in [7, 11) is 0. The molecule has 1 unspecified atom stereocenters. The second-order valence-corrected chi connectivity index (χ2v) is 6.51. The van der Waals surface area contributed by atoms with Crippen molar-refractivity contribution >= 4 is 46.1 Å². The van der Waals surface area contributed by atoms with Crippen LogP contribution in [0, 0.1) is 5.41 Å². The number of thiocarbonyl (C=S) groups is 1. The molecule has 27 heavy (non-hydrogen) atoms. The van der Waals surface area contributed by atoms with E-state index in [2.05, 4.69) is 10.6 Å². The Balaban J connectivity index is 2.32. The van der Waals surface area contributed by atoms with Crippen molar-refractivity contribution in [3.63, 3.8) is 0 Å². The third-order valence-corrected chi connectivity index (χ3v) is 3.96. The Morgan fingerprint density at radius 3 is 2.37 bits per heavy atom. The summed E-state index contributed by atoms with van der Waals surface area (Å²) in [6.07, 6.45) is 0.263. The average Bonchev–Trinajstić information content (AvgIpc) is 2.59. The molecule has 0 saturated heterocycles. The van der Waals surface area contributed by atoms with Gasteiger partial charge >= 0.3 is 0 Å². The van der Waals surface area contributed by atoms with Crippen molar-refractivity contribution in [1.29, 1.82) is 5.41 Å². The third-order valence-electron chi connectivity index (χ3n) is 3.71. The maximum atomic E-state index is 11.9. The highest BCUT2D eigenvalue weighted by molar-refractivity contribution is 7.80. The number of carbonyl (C=O) groups excluding carboxylic acids is 2. The molecule has 0 saturated carbocycles. The molecular weight excluding hydrogens is 362 g/mol. The summed E-state index contributed by atoms with van der Waals surface area (Å²) in [4.78, 5) is 24.0. The maximum Gasteiger partial charge on any atom is 0.250 e. The molecule has 1 atom stereocenters. The Kier molecular flexibility index (Phi) is 6.62. The first-order valence-corrected chi connectivity index (χ1v) is 8.57. The van der Waals surface area contributed by atoms with E-state index in [0.29, 0.717) is 27.6 Å². The highest BCUT2D eigenvalue weighted by Gasteiger charge is 2.18. The highest BCUT2D eigenvalue weighted by atomic mass is 32.1. The minimum absolute atomic E-state index is 0.251. The van der Waals surface area contributed by atoms with Crippen molar-refractivity contribution in [2.75, 3.05) is 10.6 Å². The van der Waals surface area contributed by atoms with Crippen LogP contribution in [0.25, 0.3) is 0 Å². The molecule has 2 aromatic rings. The lowest BCUT2D eigenvalue weighted by Crippen LogP contribution is -2.27. The number of amides is 2. The summed E-state index contributed by atoms with van der Waals surface area (Å²) in [5.74, 6) is -1.16. The topological polar surface area (TPSA) is 134 Å². The Morgan fingerprint density at radius 2 is 1.81 bits per heavy atom. The number of primary amides is 2. The molecule has 0 aliphatic rings. The minimum atomic E-state index is -0.741. The zero-order valence-electron chi connectivity index (χ0n) is 14.8. The molecule has 7 nitrogen and oxygen atoms in total. The van der Waals surface area contributed by atoms with E-state index in [1.54, 1.807) is 31.2 Å². The quantitative estimate of drug-likeness (QED) is 0.353. The molecule has 0 aliphatic carbocycles. The van der Waals surface area contributed by atoms with E-state index in [-0.39, 0.29) is 12.0 Å². The highest BCUT2D eigenvalue weighted by Crippen LogP contribution is 2.25. The molecule has 2 amide bonds. The van der Waals surface area contributed by atoms with Gasteiger partial charge in [0.2, 0.25) is 5.91 Å². The first-order chi connectivity index (χ1) is 12.8. The molecule has 0 bridgehead atoms. The van der Waals surface area contributed by atoms with Gasteiger partial charge in [0.25, 0.3) is 5.91 Å². The fourth-order valence-electron chi connectivity index (χ4n) is 2.52. The molecule has 2 rings (SSSR count). The van der Waals surface area contributed by atoms with Crippen molar-refractivity contribution in [3.05, 3.63) is 59.7 Å². The van der Waals surface area contributed by atoms with Gasteiger partial charge in [0, 0.05) is 17.8 Å². The van der Waals surface area contributed by atoms with Crippen LogP contribution in [0.15, 0.2) is 48.5 Å². The number of hydrogen-bond donors (Lipinski definition) is 5. The molecular formula is C19H21N5O2S. The largest absolute Gasteiger partial charge is 0.370 e. The fourth-order valence-corrected chi connectivity index (χ4v) is 2.84. The van der Waals surface area contributed by atoms with Crippen LogP contribution in [-0.2, 0) is 4.79 Å². The first-order valence-electron chi connectivity index (χ1n) is 8.16. The molecule has 7 N–H and O–H groups in total. The van der Waals surface area contributed by atoms with Gasteiger partial charge in [-0.15, -0.1) is 0 Å². The zero-order chi connectivity index (χ0) is 20.0. The van der Waals surface area contributed by atoms with Crippen molar-refractivity contribution < 1.29 is 9.59 Å². The van der Waals surface area contributed by atoms with Gasteiger partial charge < -0.3 is 27.5 Å². The average molecular weight is 383 g/mol. The van der Waals surface area contributed by atoms with Gasteiger partial charge in [-0.3, -0.25) is 9.59 Å². The van der Waals surface area contributed by atoms with Crippen LogP contribution < -0.4 is 22.1 Å².